The maximum atomic E-state index is 12.4. The summed E-state index contributed by atoms with van der Waals surface area (Å²) < 4.78 is 2.60. The summed E-state index contributed by atoms with van der Waals surface area (Å²) >= 11 is 0. The lowest BCUT2D eigenvalue weighted by atomic mass is 10.3. The Morgan fingerprint density at radius 3 is 2.61 bits per heavy atom. The summed E-state index contributed by atoms with van der Waals surface area (Å²) in [5.41, 5.74) is 0.193. The minimum atomic E-state index is -0.325. The Hall–Kier alpha value is -2.64. The van der Waals surface area contributed by atoms with Crippen molar-refractivity contribution < 1.29 is 9.59 Å². The Labute approximate surface area is 132 Å². The van der Waals surface area contributed by atoms with Gasteiger partial charge in [0.1, 0.15) is 6.54 Å². The highest BCUT2D eigenvalue weighted by atomic mass is 16.2. The number of fused-ring (bicyclic) bond motifs is 1. The molecule has 1 fully saturated rings. The minimum absolute atomic E-state index is 0.0240. The first kappa shape index (κ1) is 15.3. The van der Waals surface area contributed by atoms with Crippen LogP contribution >= 0.6 is 0 Å². The normalized spacial score (nSPS) is 15.7. The third kappa shape index (κ3) is 3.10. The fourth-order valence-electron chi connectivity index (χ4n) is 2.78. The molecule has 2 aromatic rings. The number of nitrogens with zero attached hydrogens (tertiary/aromatic N) is 5. The van der Waals surface area contributed by atoms with E-state index in [1.54, 1.807) is 34.2 Å². The average molecular weight is 317 g/mol. The molecule has 0 unspecified atom stereocenters. The number of carbonyl (C=O) groups excluding carboxylic acids is 2. The van der Waals surface area contributed by atoms with E-state index in [-0.39, 0.29) is 24.0 Å². The van der Waals surface area contributed by atoms with Gasteiger partial charge in [0.2, 0.25) is 11.8 Å². The highest BCUT2D eigenvalue weighted by molar-refractivity contribution is 5.76. The van der Waals surface area contributed by atoms with E-state index in [0.29, 0.717) is 31.8 Å². The molecule has 0 aromatic carbocycles. The van der Waals surface area contributed by atoms with Crippen LogP contribution in [0.5, 0.6) is 0 Å². The van der Waals surface area contributed by atoms with E-state index in [1.165, 1.54) is 16.0 Å². The molecule has 23 heavy (non-hydrogen) atoms. The summed E-state index contributed by atoms with van der Waals surface area (Å²) in [4.78, 5) is 39.5. The van der Waals surface area contributed by atoms with Crippen molar-refractivity contribution in [2.75, 3.05) is 26.2 Å². The summed E-state index contributed by atoms with van der Waals surface area (Å²) in [6.45, 7) is 3.72. The van der Waals surface area contributed by atoms with Crippen molar-refractivity contribution >= 4 is 17.5 Å². The van der Waals surface area contributed by atoms with Gasteiger partial charge in [-0.15, -0.1) is 5.10 Å². The number of rotatable bonds is 2. The Kier molecular flexibility index (Phi) is 4.14. The second-order valence-electron chi connectivity index (χ2n) is 5.61. The van der Waals surface area contributed by atoms with Crippen molar-refractivity contribution in [3.05, 3.63) is 34.9 Å². The maximum Gasteiger partial charge on any atom is 0.350 e. The monoisotopic (exact) mass is 317 g/mol. The van der Waals surface area contributed by atoms with Crippen molar-refractivity contribution in [3.8, 4) is 0 Å². The predicted molar refractivity (Wildman–Crippen MR) is 82.9 cm³/mol. The van der Waals surface area contributed by atoms with Crippen LogP contribution in [0, 0.1) is 0 Å². The molecule has 0 radical (unpaired) electrons. The Morgan fingerprint density at radius 2 is 1.87 bits per heavy atom. The van der Waals surface area contributed by atoms with Crippen LogP contribution in [0.15, 0.2) is 29.2 Å². The van der Waals surface area contributed by atoms with E-state index in [0.717, 1.165) is 6.42 Å². The van der Waals surface area contributed by atoms with Crippen LogP contribution < -0.4 is 5.69 Å². The molecule has 8 nitrogen and oxygen atoms in total. The molecular weight excluding hydrogens is 298 g/mol. The van der Waals surface area contributed by atoms with Gasteiger partial charge in [-0.2, -0.15) is 0 Å². The number of hydrogen-bond acceptors (Lipinski definition) is 4. The Balaban J connectivity index is 1.72. The summed E-state index contributed by atoms with van der Waals surface area (Å²) in [7, 11) is 0. The molecule has 2 amide bonds. The van der Waals surface area contributed by atoms with Gasteiger partial charge in [0.25, 0.3) is 0 Å². The highest BCUT2D eigenvalue weighted by Crippen LogP contribution is 2.05. The molecule has 122 valence electrons. The van der Waals surface area contributed by atoms with Crippen molar-refractivity contribution in [1.29, 1.82) is 0 Å². The smallest absolute Gasteiger partial charge is 0.341 e. The van der Waals surface area contributed by atoms with Gasteiger partial charge in [0, 0.05) is 39.3 Å². The fraction of sp³-hybridized carbons (Fsp3) is 0.467. The molecule has 0 spiro atoms. The lowest BCUT2D eigenvalue weighted by Gasteiger charge is -2.21. The molecule has 0 bridgehead atoms. The zero-order valence-electron chi connectivity index (χ0n) is 13.0. The van der Waals surface area contributed by atoms with Crippen LogP contribution in [0.3, 0.4) is 0 Å². The molecule has 0 N–H and O–H groups in total. The van der Waals surface area contributed by atoms with Gasteiger partial charge < -0.3 is 9.80 Å². The molecule has 3 heterocycles. The molecule has 1 aliphatic rings. The predicted octanol–water partition coefficient (Wildman–Crippen LogP) is -0.423. The van der Waals surface area contributed by atoms with Crippen LogP contribution in [0.25, 0.3) is 5.65 Å². The van der Waals surface area contributed by atoms with E-state index in [4.69, 9.17) is 0 Å². The van der Waals surface area contributed by atoms with E-state index in [9.17, 15) is 14.4 Å². The molecule has 0 atom stereocenters. The molecule has 2 aromatic heterocycles. The van der Waals surface area contributed by atoms with Crippen LogP contribution in [0.2, 0.25) is 0 Å². The van der Waals surface area contributed by atoms with Gasteiger partial charge in [-0.05, 0) is 18.6 Å². The first-order valence-corrected chi connectivity index (χ1v) is 7.64. The number of aromatic nitrogens is 3. The second kappa shape index (κ2) is 6.23. The van der Waals surface area contributed by atoms with Gasteiger partial charge in [-0.1, -0.05) is 6.07 Å². The van der Waals surface area contributed by atoms with Crippen LogP contribution in [-0.2, 0) is 16.1 Å². The number of carbonyl (C=O) groups is 2. The minimum Gasteiger partial charge on any atom is -0.341 e. The zero-order chi connectivity index (χ0) is 16.4. The first-order valence-electron chi connectivity index (χ1n) is 7.64. The van der Waals surface area contributed by atoms with Gasteiger partial charge in [-0.3, -0.25) is 14.0 Å². The van der Waals surface area contributed by atoms with E-state index < -0.39 is 0 Å². The van der Waals surface area contributed by atoms with Crippen LogP contribution in [-0.4, -0.2) is 62.0 Å². The Bertz CT molecular complexity index is 794. The van der Waals surface area contributed by atoms with Gasteiger partial charge in [-0.25, -0.2) is 9.48 Å². The summed E-state index contributed by atoms with van der Waals surface area (Å²) in [5.74, 6) is -0.128. The Morgan fingerprint density at radius 1 is 1.13 bits per heavy atom. The van der Waals surface area contributed by atoms with Gasteiger partial charge in [0.15, 0.2) is 5.65 Å². The zero-order valence-corrected chi connectivity index (χ0v) is 13.0. The van der Waals surface area contributed by atoms with Gasteiger partial charge in [0.05, 0.1) is 0 Å². The topological polar surface area (TPSA) is 79.9 Å². The number of amides is 2. The van der Waals surface area contributed by atoms with Crippen molar-refractivity contribution in [1.82, 2.24) is 24.0 Å². The maximum absolute atomic E-state index is 12.4. The van der Waals surface area contributed by atoms with E-state index in [1.807, 2.05) is 0 Å². The molecule has 8 heteroatoms. The molecule has 1 aliphatic heterocycles. The quantitative estimate of drug-likeness (QED) is 0.753. The van der Waals surface area contributed by atoms with Crippen molar-refractivity contribution in [2.45, 2.75) is 19.9 Å². The molecular formula is C15H19N5O3. The largest absolute Gasteiger partial charge is 0.350 e. The third-order valence-electron chi connectivity index (χ3n) is 4.07. The summed E-state index contributed by atoms with van der Waals surface area (Å²) in [6.07, 6.45) is 2.37. The highest BCUT2D eigenvalue weighted by Gasteiger charge is 2.21. The molecule has 0 saturated carbocycles. The standard InChI is InChI=1S/C15H19N5O3/c1-12(21)17-6-4-7-18(10-9-17)14(22)11-20-15(23)19-8-3-2-5-13(19)16-20/h2-3,5,8H,4,6-7,9-11H2,1H3. The van der Waals surface area contributed by atoms with E-state index in [2.05, 4.69) is 5.10 Å². The number of hydrogen-bond donors (Lipinski definition) is 0. The lowest BCUT2D eigenvalue weighted by molar-refractivity contribution is -0.133. The fourth-order valence-corrected chi connectivity index (χ4v) is 2.78. The second-order valence-corrected chi connectivity index (χ2v) is 5.61. The van der Waals surface area contributed by atoms with Crippen molar-refractivity contribution in [3.63, 3.8) is 0 Å². The third-order valence-corrected chi connectivity index (χ3v) is 4.07. The van der Waals surface area contributed by atoms with E-state index >= 15 is 0 Å². The summed E-state index contributed by atoms with van der Waals surface area (Å²) in [5, 5.41) is 4.17. The van der Waals surface area contributed by atoms with Crippen LogP contribution in [0.4, 0.5) is 0 Å². The lowest BCUT2D eigenvalue weighted by Crippen LogP contribution is -2.39. The van der Waals surface area contributed by atoms with Gasteiger partial charge >= 0.3 is 5.69 Å². The summed E-state index contributed by atoms with van der Waals surface area (Å²) in [6, 6.07) is 5.26. The molecule has 0 aliphatic carbocycles. The molecule has 3 rings (SSSR count). The number of pyridine rings is 1. The first-order chi connectivity index (χ1) is 11.1. The van der Waals surface area contributed by atoms with Crippen molar-refractivity contribution in [2.24, 2.45) is 0 Å². The van der Waals surface area contributed by atoms with Crippen LogP contribution in [0.1, 0.15) is 13.3 Å². The average Bonchev–Trinajstić information content (AvgIpc) is 2.73. The SMILES string of the molecule is CC(=O)N1CCCN(C(=O)Cn2nc3ccccn3c2=O)CC1. The molecule has 1 saturated heterocycles.